The van der Waals surface area contributed by atoms with Crippen LogP contribution in [0, 0.1) is 13.8 Å². The lowest BCUT2D eigenvalue weighted by atomic mass is 10.1. The number of carbonyl (C=O) groups is 1. The van der Waals surface area contributed by atoms with Crippen molar-refractivity contribution in [2.45, 2.75) is 26.0 Å². The first-order valence-corrected chi connectivity index (χ1v) is 9.94. The molecule has 1 amide bonds. The molecule has 0 aliphatic heterocycles. The Bertz CT molecular complexity index is 941. The Morgan fingerprint density at radius 3 is 2.56 bits per heavy atom. The highest BCUT2D eigenvalue weighted by Crippen LogP contribution is 2.26. The molecule has 1 aromatic heterocycles. The molecule has 0 bridgehead atoms. The van der Waals surface area contributed by atoms with E-state index in [-0.39, 0.29) is 11.7 Å². The van der Waals surface area contributed by atoms with Crippen LogP contribution in [0.3, 0.4) is 0 Å². The van der Waals surface area contributed by atoms with Crippen LogP contribution in [0.15, 0.2) is 52.1 Å². The molecule has 0 N–H and O–H groups in total. The van der Waals surface area contributed by atoms with Crippen LogP contribution >= 0.6 is 23.4 Å². The first-order chi connectivity index (χ1) is 13.0. The van der Waals surface area contributed by atoms with Gasteiger partial charge in [0.25, 0.3) is 5.22 Å². The second-order valence-corrected chi connectivity index (χ2v) is 7.46. The fraction of sp³-hybridized carbons (Fsp3) is 0.250. The molecule has 0 aliphatic rings. The summed E-state index contributed by atoms with van der Waals surface area (Å²) in [6, 6.07) is 13.2. The minimum atomic E-state index is 0.000644. The summed E-state index contributed by atoms with van der Waals surface area (Å²) < 4.78 is 5.65. The van der Waals surface area contributed by atoms with Crippen LogP contribution in [-0.2, 0) is 4.79 Å². The van der Waals surface area contributed by atoms with Gasteiger partial charge in [0.15, 0.2) is 0 Å². The van der Waals surface area contributed by atoms with Gasteiger partial charge in [0, 0.05) is 22.8 Å². The number of aromatic nitrogens is 2. The number of carbonyl (C=O) groups excluding carboxylic acids is 1. The van der Waals surface area contributed by atoms with E-state index in [2.05, 4.69) is 16.3 Å². The van der Waals surface area contributed by atoms with E-state index >= 15 is 0 Å². The van der Waals surface area contributed by atoms with Crippen LogP contribution in [0.4, 0.5) is 5.69 Å². The number of rotatable bonds is 6. The van der Waals surface area contributed by atoms with Crippen molar-refractivity contribution in [3.63, 3.8) is 0 Å². The van der Waals surface area contributed by atoms with Crippen molar-refractivity contribution in [3.05, 3.63) is 58.6 Å². The molecule has 0 unspecified atom stereocenters. The van der Waals surface area contributed by atoms with Crippen molar-refractivity contribution in [1.29, 1.82) is 0 Å². The topological polar surface area (TPSA) is 59.2 Å². The van der Waals surface area contributed by atoms with E-state index in [1.165, 1.54) is 17.3 Å². The largest absolute Gasteiger partial charge is 0.411 e. The average Bonchev–Trinajstić information content (AvgIpc) is 3.12. The lowest BCUT2D eigenvalue weighted by Crippen LogP contribution is -2.32. The van der Waals surface area contributed by atoms with Gasteiger partial charge in [-0.25, -0.2) is 0 Å². The molecule has 1 heterocycles. The van der Waals surface area contributed by atoms with Crippen molar-refractivity contribution in [1.82, 2.24) is 10.2 Å². The molecule has 5 nitrogen and oxygen atoms in total. The average molecular weight is 402 g/mol. The summed E-state index contributed by atoms with van der Waals surface area (Å²) in [5, 5.41) is 9.06. The molecule has 0 spiro atoms. The molecule has 0 saturated heterocycles. The van der Waals surface area contributed by atoms with Gasteiger partial charge in [-0.15, -0.1) is 10.2 Å². The highest BCUT2D eigenvalue weighted by Gasteiger charge is 2.18. The third-order valence-corrected chi connectivity index (χ3v) is 5.13. The number of hydrogen-bond acceptors (Lipinski definition) is 5. The van der Waals surface area contributed by atoms with Crippen LogP contribution in [0.25, 0.3) is 11.5 Å². The summed E-state index contributed by atoms with van der Waals surface area (Å²) in [6.07, 6.45) is 0. The first kappa shape index (κ1) is 19.5. The van der Waals surface area contributed by atoms with E-state index < -0.39 is 0 Å². The van der Waals surface area contributed by atoms with Gasteiger partial charge in [-0.05, 0) is 56.7 Å². The van der Waals surface area contributed by atoms with E-state index in [1.807, 2.05) is 45.0 Å². The molecule has 0 fully saturated rings. The summed E-state index contributed by atoms with van der Waals surface area (Å²) in [6.45, 7) is 6.62. The molecule has 140 valence electrons. The quantitative estimate of drug-likeness (QED) is 0.534. The Morgan fingerprint density at radius 1 is 1.15 bits per heavy atom. The van der Waals surface area contributed by atoms with Crippen LogP contribution in [0.1, 0.15) is 18.1 Å². The predicted octanol–water partition coefficient (Wildman–Crippen LogP) is 5.15. The molecule has 3 rings (SSSR count). The van der Waals surface area contributed by atoms with Crippen molar-refractivity contribution in [2.24, 2.45) is 0 Å². The third-order valence-electron chi connectivity index (χ3n) is 4.08. The lowest BCUT2D eigenvalue weighted by molar-refractivity contribution is -0.116. The minimum absolute atomic E-state index is 0.000644. The SMILES string of the molecule is CCN(C(=O)CSc1nnc(-c2ccc(Cl)cc2)o1)c1ccc(C)cc1C. The number of thioether (sulfide) groups is 1. The Balaban J connectivity index is 1.67. The number of amides is 1. The number of anilines is 1. The Hall–Kier alpha value is -2.31. The monoisotopic (exact) mass is 401 g/mol. The molecule has 3 aromatic rings. The minimum Gasteiger partial charge on any atom is -0.411 e. The third kappa shape index (κ3) is 4.70. The van der Waals surface area contributed by atoms with Gasteiger partial charge in [-0.2, -0.15) is 0 Å². The highest BCUT2D eigenvalue weighted by molar-refractivity contribution is 7.99. The predicted molar refractivity (Wildman–Crippen MR) is 109 cm³/mol. The second-order valence-electron chi connectivity index (χ2n) is 6.10. The lowest BCUT2D eigenvalue weighted by Gasteiger charge is -2.23. The Morgan fingerprint density at radius 2 is 1.89 bits per heavy atom. The van der Waals surface area contributed by atoms with Gasteiger partial charge >= 0.3 is 0 Å². The van der Waals surface area contributed by atoms with Gasteiger partial charge in [0.1, 0.15) is 0 Å². The first-order valence-electron chi connectivity index (χ1n) is 8.57. The molecule has 2 aromatic carbocycles. The van der Waals surface area contributed by atoms with Crippen molar-refractivity contribution in [2.75, 3.05) is 17.2 Å². The zero-order valence-corrected chi connectivity index (χ0v) is 17.0. The fourth-order valence-corrected chi connectivity index (χ4v) is 3.53. The molecule has 0 aliphatic carbocycles. The van der Waals surface area contributed by atoms with Crippen LogP contribution in [0.2, 0.25) is 5.02 Å². The van der Waals surface area contributed by atoms with Gasteiger partial charge in [0.05, 0.1) is 5.75 Å². The maximum atomic E-state index is 12.7. The molecule has 0 atom stereocenters. The number of hydrogen-bond donors (Lipinski definition) is 0. The second kappa shape index (κ2) is 8.59. The van der Waals surface area contributed by atoms with Gasteiger partial charge in [-0.1, -0.05) is 41.1 Å². The number of halogens is 1. The smallest absolute Gasteiger partial charge is 0.277 e. The van der Waals surface area contributed by atoms with Crippen LogP contribution in [0.5, 0.6) is 0 Å². The van der Waals surface area contributed by atoms with Gasteiger partial charge in [-0.3, -0.25) is 4.79 Å². The highest BCUT2D eigenvalue weighted by atomic mass is 35.5. The van der Waals surface area contributed by atoms with E-state index in [1.54, 1.807) is 17.0 Å². The Kier molecular flexibility index (Phi) is 6.19. The van der Waals surface area contributed by atoms with E-state index in [0.29, 0.717) is 22.7 Å². The summed E-state index contributed by atoms with van der Waals surface area (Å²) >= 11 is 7.13. The normalized spacial score (nSPS) is 10.8. The standard InChI is InChI=1S/C20H20ClN3O2S/c1-4-24(17-10-5-13(2)11-14(17)3)18(25)12-27-20-23-22-19(26-20)15-6-8-16(21)9-7-15/h5-11H,4,12H2,1-3H3. The maximum Gasteiger partial charge on any atom is 0.277 e. The Labute approximate surface area is 167 Å². The van der Waals surface area contributed by atoms with Crippen molar-refractivity contribution < 1.29 is 9.21 Å². The number of aryl methyl sites for hydroxylation is 2. The number of benzene rings is 2. The van der Waals surface area contributed by atoms with Crippen LogP contribution in [-0.4, -0.2) is 28.4 Å². The molecular formula is C20H20ClN3O2S. The van der Waals surface area contributed by atoms with Gasteiger partial charge < -0.3 is 9.32 Å². The molecular weight excluding hydrogens is 382 g/mol. The number of nitrogens with zero attached hydrogens (tertiary/aromatic N) is 3. The van der Waals surface area contributed by atoms with E-state index in [9.17, 15) is 4.79 Å². The summed E-state index contributed by atoms with van der Waals surface area (Å²) in [4.78, 5) is 14.5. The zero-order chi connectivity index (χ0) is 19.4. The fourth-order valence-electron chi connectivity index (χ4n) is 2.77. The van der Waals surface area contributed by atoms with Crippen LogP contribution < -0.4 is 4.90 Å². The van der Waals surface area contributed by atoms with Crippen molar-refractivity contribution in [3.8, 4) is 11.5 Å². The van der Waals surface area contributed by atoms with E-state index in [0.717, 1.165) is 16.8 Å². The summed E-state index contributed by atoms with van der Waals surface area (Å²) in [7, 11) is 0. The van der Waals surface area contributed by atoms with Crippen molar-refractivity contribution >= 4 is 35.0 Å². The molecule has 27 heavy (non-hydrogen) atoms. The molecule has 0 saturated carbocycles. The molecule has 0 radical (unpaired) electrons. The summed E-state index contributed by atoms with van der Waals surface area (Å²) in [5.74, 6) is 0.632. The van der Waals surface area contributed by atoms with Gasteiger partial charge in [0.2, 0.25) is 11.8 Å². The zero-order valence-electron chi connectivity index (χ0n) is 15.4. The maximum absolute atomic E-state index is 12.7. The van der Waals surface area contributed by atoms with E-state index in [4.69, 9.17) is 16.0 Å². The molecule has 7 heteroatoms. The summed E-state index contributed by atoms with van der Waals surface area (Å²) in [5.41, 5.74) is 3.98.